The molecule has 0 bridgehead atoms. The van der Waals surface area contributed by atoms with Crippen molar-refractivity contribution in [3.63, 3.8) is 0 Å². The predicted octanol–water partition coefficient (Wildman–Crippen LogP) is 5.57. The Labute approximate surface area is 146 Å². The minimum Gasteiger partial charge on any atom is -0.326 e. The van der Waals surface area contributed by atoms with Crippen LogP contribution in [-0.4, -0.2) is 5.91 Å². The molecule has 2 nitrogen and oxygen atoms in total. The molecule has 0 aliphatic heterocycles. The first-order valence-electron chi connectivity index (χ1n) is 9.35. The zero-order valence-corrected chi connectivity index (χ0v) is 14.9. The number of carbonyl (C=O) groups excluding carboxylic acids is 1. The van der Waals surface area contributed by atoms with Crippen molar-refractivity contribution >= 4 is 11.6 Å². The van der Waals surface area contributed by atoms with Gasteiger partial charge in [-0.25, -0.2) is 0 Å². The Morgan fingerprint density at radius 1 is 0.875 bits per heavy atom. The van der Waals surface area contributed by atoms with E-state index < -0.39 is 0 Å². The van der Waals surface area contributed by atoms with Gasteiger partial charge < -0.3 is 5.32 Å². The smallest absolute Gasteiger partial charge is 0.228 e. The normalized spacial score (nSPS) is 29.5. The van der Waals surface area contributed by atoms with E-state index in [0.717, 1.165) is 44.2 Å². The lowest BCUT2D eigenvalue weighted by atomic mass is 10.1. The molecule has 0 saturated heterocycles. The maximum atomic E-state index is 12.7. The highest BCUT2D eigenvalue weighted by Crippen LogP contribution is 2.52. The van der Waals surface area contributed by atoms with Gasteiger partial charge in [0.15, 0.2) is 0 Å². The van der Waals surface area contributed by atoms with E-state index in [2.05, 4.69) is 55.6 Å². The van der Waals surface area contributed by atoms with E-state index in [1.165, 1.54) is 11.1 Å². The van der Waals surface area contributed by atoms with Gasteiger partial charge in [-0.05, 0) is 87.5 Å². The number of amides is 1. The zero-order valence-electron chi connectivity index (χ0n) is 14.9. The van der Waals surface area contributed by atoms with E-state index in [0.29, 0.717) is 11.8 Å². The van der Waals surface area contributed by atoms with E-state index in [9.17, 15) is 4.79 Å². The number of aryl methyl sites for hydroxylation is 2. The van der Waals surface area contributed by atoms with Crippen molar-refractivity contribution in [3.8, 4) is 0 Å². The second kappa shape index (κ2) is 7.83. The lowest BCUT2D eigenvalue weighted by molar-refractivity contribution is -0.117. The van der Waals surface area contributed by atoms with Gasteiger partial charge in [-0.1, -0.05) is 30.4 Å². The van der Waals surface area contributed by atoms with Gasteiger partial charge >= 0.3 is 0 Å². The molecule has 0 aromatic heterocycles. The monoisotopic (exact) mass is 323 g/mol. The number of hydrogen-bond donors (Lipinski definition) is 1. The van der Waals surface area contributed by atoms with Crippen molar-refractivity contribution in [3.05, 3.63) is 53.6 Å². The summed E-state index contributed by atoms with van der Waals surface area (Å²) in [6.07, 6.45) is 16.0. The lowest BCUT2D eigenvalue weighted by Crippen LogP contribution is -2.15. The van der Waals surface area contributed by atoms with Crippen LogP contribution >= 0.6 is 0 Å². The summed E-state index contributed by atoms with van der Waals surface area (Å²) in [7, 11) is 0. The minimum atomic E-state index is 0.203. The second-order valence-electron chi connectivity index (χ2n) is 7.32. The first-order chi connectivity index (χ1) is 11.7. The second-order valence-corrected chi connectivity index (χ2v) is 7.32. The van der Waals surface area contributed by atoms with Crippen LogP contribution in [0, 0.1) is 31.6 Å². The summed E-state index contributed by atoms with van der Waals surface area (Å²) < 4.78 is 0. The highest BCUT2D eigenvalue weighted by atomic mass is 16.2. The summed E-state index contributed by atoms with van der Waals surface area (Å²) in [4.78, 5) is 12.7. The van der Waals surface area contributed by atoms with Gasteiger partial charge in [0, 0.05) is 11.6 Å². The maximum Gasteiger partial charge on any atom is 0.228 e. The van der Waals surface area contributed by atoms with Crippen molar-refractivity contribution in [2.45, 2.75) is 52.4 Å². The molecule has 24 heavy (non-hydrogen) atoms. The van der Waals surface area contributed by atoms with E-state index in [1.54, 1.807) is 0 Å². The molecule has 1 aromatic carbocycles. The van der Waals surface area contributed by atoms with Crippen LogP contribution in [0.3, 0.4) is 0 Å². The molecule has 1 fully saturated rings. The van der Waals surface area contributed by atoms with Crippen molar-refractivity contribution in [1.29, 1.82) is 0 Å². The van der Waals surface area contributed by atoms with Gasteiger partial charge in [0.25, 0.3) is 0 Å². The number of hydrogen-bond acceptors (Lipinski definition) is 1. The molecule has 2 atom stereocenters. The van der Waals surface area contributed by atoms with Crippen molar-refractivity contribution < 1.29 is 4.79 Å². The predicted molar refractivity (Wildman–Crippen MR) is 101 cm³/mol. The molecule has 1 saturated carbocycles. The highest BCUT2D eigenvalue weighted by Gasteiger charge is 2.52. The SMILES string of the molecule is Cc1ccc(NC(=O)C2C3CC/C=C\CC/C=C\CCC32)cc1C. The molecule has 1 aromatic rings. The molecule has 2 unspecified atom stereocenters. The van der Waals surface area contributed by atoms with Gasteiger partial charge in [0.2, 0.25) is 5.91 Å². The number of allylic oxidation sites excluding steroid dienone is 4. The van der Waals surface area contributed by atoms with Crippen molar-refractivity contribution in [2.24, 2.45) is 17.8 Å². The minimum absolute atomic E-state index is 0.203. The maximum absolute atomic E-state index is 12.7. The largest absolute Gasteiger partial charge is 0.326 e. The van der Waals surface area contributed by atoms with Crippen LogP contribution in [0.1, 0.15) is 49.7 Å². The Hall–Kier alpha value is -1.83. The topological polar surface area (TPSA) is 29.1 Å². The van der Waals surface area contributed by atoms with Crippen LogP contribution in [-0.2, 0) is 4.79 Å². The third kappa shape index (κ3) is 4.17. The van der Waals surface area contributed by atoms with Crippen LogP contribution < -0.4 is 5.32 Å². The summed E-state index contributed by atoms with van der Waals surface area (Å²) in [5.74, 6) is 1.55. The van der Waals surface area contributed by atoms with E-state index in [-0.39, 0.29) is 11.8 Å². The van der Waals surface area contributed by atoms with E-state index in [4.69, 9.17) is 0 Å². The average Bonchev–Trinajstić information content (AvgIpc) is 3.23. The molecule has 128 valence electrons. The Balaban J connectivity index is 1.62. The molecular weight excluding hydrogens is 294 g/mol. The number of anilines is 1. The Kier molecular flexibility index (Phi) is 5.55. The van der Waals surface area contributed by atoms with Gasteiger partial charge in [-0.3, -0.25) is 4.79 Å². The first-order valence-corrected chi connectivity index (χ1v) is 9.35. The molecule has 0 radical (unpaired) electrons. The van der Waals surface area contributed by atoms with Gasteiger partial charge in [-0.15, -0.1) is 0 Å². The highest BCUT2D eigenvalue weighted by molar-refractivity contribution is 5.95. The third-order valence-electron chi connectivity index (χ3n) is 5.58. The summed E-state index contributed by atoms with van der Waals surface area (Å²) >= 11 is 0. The van der Waals surface area contributed by atoms with Gasteiger partial charge in [0.1, 0.15) is 0 Å². The number of carbonyl (C=O) groups is 1. The number of benzene rings is 1. The number of rotatable bonds is 2. The van der Waals surface area contributed by atoms with E-state index in [1.807, 2.05) is 6.07 Å². The fourth-order valence-electron chi connectivity index (χ4n) is 3.91. The molecule has 2 heteroatoms. The first kappa shape index (κ1) is 17.0. The molecule has 1 amide bonds. The zero-order chi connectivity index (χ0) is 16.9. The molecule has 2 aliphatic carbocycles. The molecule has 2 aliphatic rings. The average molecular weight is 323 g/mol. The number of nitrogens with one attached hydrogen (secondary N) is 1. The van der Waals surface area contributed by atoms with Crippen LogP contribution in [0.4, 0.5) is 5.69 Å². The molecular formula is C22H29NO. The van der Waals surface area contributed by atoms with Crippen LogP contribution in [0.15, 0.2) is 42.5 Å². The summed E-state index contributed by atoms with van der Waals surface area (Å²) in [6, 6.07) is 6.17. The Bertz CT molecular complexity index is 619. The molecule has 3 rings (SSSR count). The van der Waals surface area contributed by atoms with E-state index >= 15 is 0 Å². The lowest BCUT2D eigenvalue weighted by Gasteiger charge is -2.07. The fraction of sp³-hybridized carbons (Fsp3) is 0.500. The third-order valence-corrected chi connectivity index (χ3v) is 5.58. The van der Waals surface area contributed by atoms with Crippen LogP contribution in [0.5, 0.6) is 0 Å². The Morgan fingerprint density at radius 2 is 1.46 bits per heavy atom. The standard InChI is InChI=1S/C22H29NO/c1-16-13-14-18(15-17(16)2)23-22(24)21-19-11-9-7-5-3-4-6-8-10-12-20(19)21/h5-8,13-15,19-21H,3-4,9-12H2,1-2H3,(H,23,24)/b7-5-,8-6-. The van der Waals surface area contributed by atoms with Crippen LogP contribution in [0.25, 0.3) is 0 Å². The van der Waals surface area contributed by atoms with Crippen molar-refractivity contribution in [2.75, 3.05) is 5.32 Å². The summed E-state index contributed by atoms with van der Waals surface area (Å²) in [6.45, 7) is 4.19. The molecule has 1 N–H and O–H groups in total. The van der Waals surface area contributed by atoms with Gasteiger partial charge in [0.05, 0.1) is 0 Å². The molecule has 0 spiro atoms. The summed E-state index contributed by atoms with van der Waals surface area (Å²) in [5.41, 5.74) is 3.43. The Morgan fingerprint density at radius 3 is 2.04 bits per heavy atom. The number of fused-ring (bicyclic) bond motifs is 1. The van der Waals surface area contributed by atoms with Gasteiger partial charge in [-0.2, -0.15) is 0 Å². The summed E-state index contributed by atoms with van der Waals surface area (Å²) in [5, 5.41) is 3.15. The van der Waals surface area contributed by atoms with Crippen molar-refractivity contribution in [1.82, 2.24) is 0 Å². The molecule has 0 heterocycles. The van der Waals surface area contributed by atoms with Crippen LogP contribution in [0.2, 0.25) is 0 Å². The fourth-order valence-corrected chi connectivity index (χ4v) is 3.91. The quantitative estimate of drug-likeness (QED) is 0.708.